The molecule has 0 aromatic rings. The van der Waals surface area contributed by atoms with Gasteiger partial charge in [0.15, 0.2) is 0 Å². The maximum absolute atomic E-state index is 12.2. The number of aliphatic hydroxyl groups is 4. The van der Waals surface area contributed by atoms with Crippen LogP contribution in [-0.2, 0) is 4.79 Å². The zero-order valence-electron chi connectivity index (χ0n) is 25.5. The lowest BCUT2D eigenvalue weighted by Crippen LogP contribution is -2.51. The molecule has 0 radical (unpaired) electrons. The molecule has 8 heteroatoms. The summed E-state index contributed by atoms with van der Waals surface area (Å²) in [5.41, 5.74) is 5.73. The minimum absolute atomic E-state index is 0.0829. The van der Waals surface area contributed by atoms with Crippen molar-refractivity contribution >= 4 is 5.97 Å². The first-order chi connectivity index (χ1) is 20.1. The number of nitrogens with one attached hydrogen (secondary N) is 1. The van der Waals surface area contributed by atoms with E-state index in [1.165, 1.54) is 19.3 Å². The fourth-order valence-electron chi connectivity index (χ4n) is 8.41. The van der Waals surface area contributed by atoms with Gasteiger partial charge in [-0.25, -0.2) is 0 Å². The molecule has 8 N–H and O–H groups in total. The van der Waals surface area contributed by atoms with Gasteiger partial charge in [-0.15, -0.1) is 0 Å². The number of carbonyl (C=O) groups is 1. The average Bonchev–Trinajstić information content (AvgIpc) is 3.19. The summed E-state index contributed by atoms with van der Waals surface area (Å²) in [5.74, 6) is -0.926. The van der Waals surface area contributed by atoms with E-state index in [1.807, 2.05) is 6.08 Å². The van der Waals surface area contributed by atoms with Gasteiger partial charge in [-0.3, -0.25) is 4.79 Å². The second-order valence-electron chi connectivity index (χ2n) is 13.8. The number of allylic oxidation sites excluding steroid dienone is 3. The smallest absolute Gasteiger partial charge is 0.309 e. The quantitative estimate of drug-likeness (QED) is 0.110. The van der Waals surface area contributed by atoms with Gasteiger partial charge < -0.3 is 36.6 Å². The largest absolute Gasteiger partial charge is 0.481 e. The standard InChI is InChI=1S/C34H56N2O6/c1-2-3-5-8-22-11-12-24(29(37)18-22)9-6-4-7-10-27(33(40)41)32(39)25-13-14-28-26(20-30(38)34(28,42)21-25)17-23-15-16-36-31(35)19-23/h11-12,15,19,22,24-30,32,36-39,42H,2-10,13-14,16-18,20-21,35H2,1H3,(H,40,41). The average molecular weight is 589 g/mol. The fraction of sp³-hybridized carbons (Fsp3) is 0.794. The Balaban J connectivity index is 1.23. The molecule has 42 heavy (non-hydrogen) atoms. The topological polar surface area (TPSA) is 156 Å². The molecular formula is C34H56N2O6. The third-order valence-electron chi connectivity index (χ3n) is 10.9. The normalized spacial score (nSPS) is 36.0. The zero-order chi connectivity index (χ0) is 30.3. The van der Waals surface area contributed by atoms with E-state index < -0.39 is 29.7 Å². The van der Waals surface area contributed by atoms with Crippen LogP contribution in [0.1, 0.15) is 103 Å². The molecular weight excluding hydrogens is 532 g/mol. The first-order valence-electron chi connectivity index (χ1n) is 16.7. The molecule has 0 bridgehead atoms. The van der Waals surface area contributed by atoms with Crippen LogP contribution < -0.4 is 11.1 Å². The van der Waals surface area contributed by atoms with Crippen molar-refractivity contribution < 1.29 is 30.3 Å². The summed E-state index contributed by atoms with van der Waals surface area (Å²) in [6.07, 6.45) is 18.4. The highest BCUT2D eigenvalue weighted by Crippen LogP contribution is 2.53. The van der Waals surface area contributed by atoms with Gasteiger partial charge in [0.2, 0.25) is 0 Å². The van der Waals surface area contributed by atoms with Gasteiger partial charge in [-0.2, -0.15) is 0 Å². The number of carboxylic acid groups (broad SMARTS) is 1. The van der Waals surface area contributed by atoms with Gasteiger partial charge in [0.05, 0.1) is 35.7 Å². The molecule has 10 atom stereocenters. The maximum atomic E-state index is 12.2. The summed E-state index contributed by atoms with van der Waals surface area (Å²) in [4.78, 5) is 12.2. The monoisotopic (exact) mass is 588 g/mol. The van der Waals surface area contributed by atoms with Crippen molar-refractivity contribution in [3.8, 4) is 0 Å². The molecule has 0 aromatic heterocycles. The number of rotatable bonds is 15. The molecule has 4 aliphatic rings. The third kappa shape index (κ3) is 8.19. The molecule has 4 rings (SSSR count). The summed E-state index contributed by atoms with van der Waals surface area (Å²) >= 11 is 0. The summed E-state index contributed by atoms with van der Waals surface area (Å²) in [7, 11) is 0. The van der Waals surface area contributed by atoms with Crippen molar-refractivity contribution in [2.75, 3.05) is 6.54 Å². The van der Waals surface area contributed by atoms with Gasteiger partial charge in [0.1, 0.15) is 0 Å². The van der Waals surface area contributed by atoms with Crippen LogP contribution in [0.4, 0.5) is 0 Å². The van der Waals surface area contributed by atoms with Crippen LogP contribution in [0, 0.1) is 35.5 Å². The molecule has 2 saturated carbocycles. The maximum Gasteiger partial charge on any atom is 0.309 e. The number of hydrogen-bond acceptors (Lipinski definition) is 7. The van der Waals surface area contributed by atoms with Gasteiger partial charge in [0.25, 0.3) is 0 Å². The van der Waals surface area contributed by atoms with E-state index in [0.29, 0.717) is 50.4 Å². The number of unbranched alkanes of at least 4 members (excludes halogenated alkanes) is 4. The third-order valence-corrected chi connectivity index (χ3v) is 10.9. The van der Waals surface area contributed by atoms with Crippen molar-refractivity contribution in [2.24, 2.45) is 41.2 Å². The van der Waals surface area contributed by atoms with E-state index in [9.17, 15) is 30.3 Å². The van der Waals surface area contributed by atoms with Crippen LogP contribution >= 0.6 is 0 Å². The number of fused-ring (bicyclic) bond motifs is 1. The molecule has 1 aliphatic heterocycles. The Morgan fingerprint density at radius 1 is 1.10 bits per heavy atom. The highest BCUT2D eigenvalue weighted by atomic mass is 16.4. The molecule has 0 aromatic carbocycles. The number of hydrogen-bond donors (Lipinski definition) is 7. The lowest BCUT2D eigenvalue weighted by Gasteiger charge is -2.44. The molecule has 238 valence electrons. The van der Waals surface area contributed by atoms with E-state index in [1.54, 1.807) is 0 Å². The van der Waals surface area contributed by atoms with Crippen LogP contribution in [0.25, 0.3) is 0 Å². The second-order valence-corrected chi connectivity index (χ2v) is 13.8. The van der Waals surface area contributed by atoms with E-state index in [0.717, 1.165) is 44.1 Å². The number of nitrogens with two attached hydrogens (primary N) is 1. The lowest BCUT2D eigenvalue weighted by molar-refractivity contribution is -0.155. The van der Waals surface area contributed by atoms with Crippen LogP contribution in [0.5, 0.6) is 0 Å². The molecule has 10 unspecified atom stereocenters. The Labute approximate surface area is 252 Å². The van der Waals surface area contributed by atoms with Crippen LogP contribution in [-0.4, -0.2) is 62.0 Å². The van der Waals surface area contributed by atoms with Crippen LogP contribution in [0.2, 0.25) is 0 Å². The van der Waals surface area contributed by atoms with Gasteiger partial charge >= 0.3 is 5.97 Å². The molecule has 0 spiro atoms. The first-order valence-corrected chi connectivity index (χ1v) is 16.7. The Kier molecular flexibility index (Phi) is 12.0. The van der Waals surface area contributed by atoms with Gasteiger partial charge in [-0.1, -0.05) is 63.7 Å². The Morgan fingerprint density at radius 3 is 2.60 bits per heavy atom. The molecule has 0 saturated heterocycles. The molecule has 3 aliphatic carbocycles. The summed E-state index contributed by atoms with van der Waals surface area (Å²) in [6.45, 7) is 2.88. The number of aliphatic carboxylic acids is 1. The highest BCUT2D eigenvalue weighted by Gasteiger charge is 2.57. The predicted molar refractivity (Wildman–Crippen MR) is 164 cm³/mol. The predicted octanol–water partition coefficient (Wildman–Crippen LogP) is 4.38. The zero-order valence-corrected chi connectivity index (χ0v) is 25.5. The lowest BCUT2D eigenvalue weighted by atomic mass is 9.66. The van der Waals surface area contributed by atoms with E-state index >= 15 is 0 Å². The van der Waals surface area contributed by atoms with Crippen LogP contribution in [0.15, 0.2) is 35.7 Å². The molecule has 0 amide bonds. The molecule has 8 nitrogen and oxygen atoms in total. The Morgan fingerprint density at radius 2 is 1.88 bits per heavy atom. The first kappa shape index (κ1) is 33.0. The summed E-state index contributed by atoms with van der Waals surface area (Å²) < 4.78 is 0. The van der Waals surface area contributed by atoms with Gasteiger partial charge in [0, 0.05) is 12.5 Å². The van der Waals surface area contributed by atoms with E-state index in [-0.39, 0.29) is 36.2 Å². The Hall–Kier alpha value is -1.87. The summed E-state index contributed by atoms with van der Waals surface area (Å²) in [5, 5.41) is 57.5. The molecule has 1 heterocycles. The van der Waals surface area contributed by atoms with Crippen molar-refractivity contribution in [1.29, 1.82) is 0 Å². The van der Waals surface area contributed by atoms with Crippen LogP contribution in [0.3, 0.4) is 0 Å². The summed E-state index contributed by atoms with van der Waals surface area (Å²) in [6, 6.07) is 0. The minimum Gasteiger partial charge on any atom is -0.481 e. The van der Waals surface area contributed by atoms with Crippen molar-refractivity contribution in [3.05, 3.63) is 35.7 Å². The molecule has 2 fully saturated rings. The van der Waals surface area contributed by atoms with Crippen molar-refractivity contribution in [2.45, 2.75) is 127 Å². The SMILES string of the molecule is CCCCCC1C=CC(CCCCCC(C(=O)O)C(O)C2CCC3C(CC4=CCNC(N)=C4)CC(O)C3(O)C2)C(O)C1. The second kappa shape index (κ2) is 15.2. The fourth-order valence-corrected chi connectivity index (χ4v) is 8.41. The number of carboxylic acids is 1. The minimum atomic E-state index is -1.30. The van der Waals surface area contributed by atoms with E-state index in [2.05, 4.69) is 30.5 Å². The highest BCUT2D eigenvalue weighted by molar-refractivity contribution is 5.70. The number of aliphatic hydroxyl groups excluding tert-OH is 3. The van der Waals surface area contributed by atoms with E-state index in [4.69, 9.17) is 5.73 Å². The number of dihydropyridines is 1. The van der Waals surface area contributed by atoms with Crippen molar-refractivity contribution in [1.82, 2.24) is 5.32 Å². The Bertz CT molecular complexity index is 981. The van der Waals surface area contributed by atoms with Crippen molar-refractivity contribution in [3.63, 3.8) is 0 Å². The van der Waals surface area contributed by atoms with Gasteiger partial charge in [-0.05, 0) is 93.1 Å².